The summed E-state index contributed by atoms with van der Waals surface area (Å²) < 4.78 is 12.1. The standard InChI is InChI=1S/C16H35NOP/c1-3-5-7-9-11-13-15-19(17,18)16-14-12-10-8-6-4-2/h17H,3-16H2,1-2H3. The number of hydrogen-bond acceptors (Lipinski definition) is 1. The minimum absolute atomic E-state index is 0.661. The van der Waals surface area contributed by atoms with Gasteiger partial charge in [0, 0.05) is 12.3 Å². The van der Waals surface area contributed by atoms with Gasteiger partial charge in [0.1, 0.15) is 0 Å². The van der Waals surface area contributed by atoms with Gasteiger partial charge in [-0.05, 0) is 12.8 Å². The van der Waals surface area contributed by atoms with Crippen molar-refractivity contribution in [2.45, 2.75) is 90.9 Å². The highest BCUT2D eigenvalue weighted by molar-refractivity contribution is 7.61. The van der Waals surface area contributed by atoms with Gasteiger partial charge in [0.15, 0.2) is 7.29 Å². The fourth-order valence-electron chi connectivity index (χ4n) is 2.41. The van der Waals surface area contributed by atoms with Crippen LogP contribution in [0.15, 0.2) is 0 Å². The van der Waals surface area contributed by atoms with Gasteiger partial charge in [-0.3, -0.25) is 0 Å². The smallest absolute Gasteiger partial charge is 0.160 e. The van der Waals surface area contributed by atoms with Gasteiger partial charge in [-0.1, -0.05) is 78.1 Å². The molecule has 0 amide bonds. The third-order valence-electron chi connectivity index (χ3n) is 3.75. The maximum absolute atomic E-state index is 12.1. The Bertz CT molecular complexity index is 211. The SMILES string of the molecule is CCCCCCCCP([NH])(=O)CCCCCCCC. The molecule has 115 valence electrons. The van der Waals surface area contributed by atoms with Gasteiger partial charge in [0.2, 0.25) is 0 Å². The van der Waals surface area contributed by atoms with Crippen molar-refractivity contribution in [1.82, 2.24) is 5.50 Å². The Labute approximate surface area is 121 Å². The molecule has 0 spiro atoms. The largest absolute Gasteiger partial charge is 0.306 e. The second-order valence-electron chi connectivity index (χ2n) is 5.87. The topological polar surface area (TPSA) is 40.9 Å². The molecule has 0 aliphatic rings. The zero-order chi connectivity index (χ0) is 14.4. The zero-order valence-corrected chi connectivity index (χ0v) is 14.1. The maximum Gasteiger partial charge on any atom is 0.160 e. The first-order chi connectivity index (χ1) is 9.12. The van der Waals surface area contributed by atoms with Crippen LogP contribution in [-0.4, -0.2) is 12.3 Å². The molecule has 0 heterocycles. The molecule has 3 heteroatoms. The monoisotopic (exact) mass is 288 g/mol. The number of nitrogens with one attached hydrogen (secondary N) is 1. The van der Waals surface area contributed by atoms with E-state index in [1.165, 1.54) is 64.2 Å². The highest BCUT2D eigenvalue weighted by Gasteiger charge is 2.15. The van der Waals surface area contributed by atoms with Crippen LogP contribution in [0.1, 0.15) is 90.9 Å². The van der Waals surface area contributed by atoms with E-state index in [9.17, 15) is 4.57 Å². The highest BCUT2D eigenvalue weighted by Crippen LogP contribution is 2.41. The molecule has 0 rings (SSSR count). The van der Waals surface area contributed by atoms with E-state index in [0.29, 0.717) is 12.3 Å². The summed E-state index contributed by atoms with van der Waals surface area (Å²) in [6, 6.07) is 0. The molecule has 19 heavy (non-hydrogen) atoms. The molecule has 0 aliphatic carbocycles. The van der Waals surface area contributed by atoms with Crippen molar-refractivity contribution in [3.05, 3.63) is 0 Å². The average Bonchev–Trinajstić information content (AvgIpc) is 2.38. The van der Waals surface area contributed by atoms with Gasteiger partial charge in [0.25, 0.3) is 0 Å². The second-order valence-corrected chi connectivity index (χ2v) is 8.55. The summed E-state index contributed by atoms with van der Waals surface area (Å²) in [6.07, 6.45) is 15.9. The predicted octanol–water partition coefficient (Wildman–Crippen LogP) is 6.27. The summed E-state index contributed by atoms with van der Waals surface area (Å²) in [7, 11) is -2.55. The molecule has 0 aromatic carbocycles. The Morgan fingerprint density at radius 1 is 0.632 bits per heavy atom. The third kappa shape index (κ3) is 14.4. The number of rotatable bonds is 14. The van der Waals surface area contributed by atoms with Crippen molar-refractivity contribution >= 4 is 7.29 Å². The summed E-state index contributed by atoms with van der Waals surface area (Å²) in [6.45, 7) is 4.44. The van der Waals surface area contributed by atoms with Crippen molar-refractivity contribution < 1.29 is 4.57 Å². The summed E-state index contributed by atoms with van der Waals surface area (Å²) in [5.41, 5.74) is 7.91. The van der Waals surface area contributed by atoms with Gasteiger partial charge in [-0.25, -0.2) is 0 Å². The molecule has 0 fully saturated rings. The van der Waals surface area contributed by atoms with Crippen LogP contribution in [0, 0.1) is 0 Å². The second kappa shape index (κ2) is 13.2. The molecule has 0 unspecified atom stereocenters. The summed E-state index contributed by atoms with van der Waals surface area (Å²) in [5.74, 6) is 0. The Hall–Kier alpha value is 0.190. The minimum Gasteiger partial charge on any atom is -0.306 e. The summed E-state index contributed by atoms with van der Waals surface area (Å²) in [4.78, 5) is 0. The van der Waals surface area contributed by atoms with Crippen LogP contribution in [-0.2, 0) is 4.57 Å². The van der Waals surface area contributed by atoms with Gasteiger partial charge < -0.3 is 4.57 Å². The van der Waals surface area contributed by atoms with E-state index >= 15 is 0 Å². The van der Waals surface area contributed by atoms with Crippen molar-refractivity contribution in [2.75, 3.05) is 12.3 Å². The van der Waals surface area contributed by atoms with Crippen LogP contribution in [0.25, 0.3) is 0 Å². The van der Waals surface area contributed by atoms with Gasteiger partial charge in [-0.2, -0.15) is 5.50 Å². The fourth-order valence-corrected chi connectivity index (χ4v) is 4.10. The molecule has 0 saturated carbocycles. The quantitative estimate of drug-likeness (QED) is 0.274. The lowest BCUT2D eigenvalue weighted by Crippen LogP contribution is -1.97. The van der Waals surface area contributed by atoms with E-state index in [1.54, 1.807) is 0 Å². The predicted molar refractivity (Wildman–Crippen MR) is 87.2 cm³/mol. The summed E-state index contributed by atoms with van der Waals surface area (Å²) in [5, 5.41) is 0. The lowest BCUT2D eigenvalue weighted by molar-refractivity contribution is 0.561. The maximum atomic E-state index is 12.1. The zero-order valence-electron chi connectivity index (χ0n) is 13.3. The molecule has 2 nitrogen and oxygen atoms in total. The van der Waals surface area contributed by atoms with E-state index in [0.717, 1.165) is 12.8 Å². The van der Waals surface area contributed by atoms with E-state index in [4.69, 9.17) is 5.50 Å². The fraction of sp³-hybridized carbons (Fsp3) is 1.00. The molecule has 0 atom stereocenters. The minimum atomic E-state index is -2.55. The Kier molecular flexibility index (Phi) is 13.3. The van der Waals surface area contributed by atoms with Gasteiger partial charge in [0.05, 0.1) is 0 Å². The third-order valence-corrected chi connectivity index (χ3v) is 5.82. The normalized spacial score (nSPS) is 11.9. The first kappa shape index (κ1) is 19.2. The first-order valence-electron chi connectivity index (χ1n) is 8.45. The van der Waals surface area contributed by atoms with Crippen molar-refractivity contribution in [2.24, 2.45) is 0 Å². The van der Waals surface area contributed by atoms with Crippen LogP contribution in [0.2, 0.25) is 0 Å². The van der Waals surface area contributed by atoms with Crippen LogP contribution < -0.4 is 5.50 Å². The Morgan fingerprint density at radius 2 is 0.947 bits per heavy atom. The van der Waals surface area contributed by atoms with E-state index in [-0.39, 0.29) is 0 Å². The van der Waals surface area contributed by atoms with Crippen LogP contribution in [0.3, 0.4) is 0 Å². The molecule has 0 saturated heterocycles. The van der Waals surface area contributed by atoms with E-state index in [2.05, 4.69) is 13.8 Å². The van der Waals surface area contributed by atoms with Crippen LogP contribution in [0.5, 0.6) is 0 Å². The Balaban J connectivity index is 3.39. The van der Waals surface area contributed by atoms with Crippen molar-refractivity contribution in [3.8, 4) is 0 Å². The molecule has 0 aromatic rings. The molecular formula is C16H35NOP. The lowest BCUT2D eigenvalue weighted by Gasteiger charge is -2.11. The van der Waals surface area contributed by atoms with Crippen molar-refractivity contribution in [3.63, 3.8) is 0 Å². The molecular weight excluding hydrogens is 253 g/mol. The summed E-state index contributed by atoms with van der Waals surface area (Å²) >= 11 is 0. The molecule has 0 bridgehead atoms. The van der Waals surface area contributed by atoms with Gasteiger partial charge >= 0.3 is 0 Å². The molecule has 0 aromatic heterocycles. The first-order valence-corrected chi connectivity index (χ1v) is 10.5. The highest BCUT2D eigenvalue weighted by atomic mass is 31.2. The van der Waals surface area contributed by atoms with Crippen molar-refractivity contribution in [1.29, 1.82) is 0 Å². The molecule has 1 radical (unpaired) electrons. The van der Waals surface area contributed by atoms with Crippen LogP contribution in [0.4, 0.5) is 0 Å². The average molecular weight is 288 g/mol. The lowest BCUT2D eigenvalue weighted by atomic mass is 10.1. The van der Waals surface area contributed by atoms with E-state index in [1.807, 2.05) is 0 Å². The van der Waals surface area contributed by atoms with Crippen LogP contribution >= 0.6 is 7.29 Å². The molecule has 0 aliphatic heterocycles. The molecule has 1 N–H and O–H groups in total. The Morgan fingerprint density at radius 3 is 1.32 bits per heavy atom. The number of hydrogen-bond donors (Lipinski definition) is 0. The van der Waals surface area contributed by atoms with Gasteiger partial charge in [-0.15, -0.1) is 0 Å². The number of unbranched alkanes of at least 4 members (excludes halogenated alkanes) is 10. The van der Waals surface area contributed by atoms with E-state index < -0.39 is 7.29 Å².